The second-order valence-electron chi connectivity index (χ2n) is 3.64. The van der Waals surface area contributed by atoms with E-state index in [2.05, 4.69) is 63.4 Å². The predicted octanol–water partition coefficient (Wildman–Crippen LogP) is 4.93. The van der Waals surface area contributed by atoms with E-state index in [1.807, 2.05) is 54.6 Å². The molecule has 0 aromatic heterocycles. The van der Waals surface area contributed by atoms with Gasteiger partial charge in [0.2, 0.25) is 0 Å². The number of benzene rings is 2. The zero-order chi connectivity index (χ0) is 17.3. The van der Waals surface area contributed by atoms with E-state index < -0.39 is 0 Å². The van der Waals surface area contributed by atoms with Crippen molar-refractivity contribution in [2.75, 3.05) is 0 Å². The minimum atomic E-state index is 1.10. The fourth-order valence-corrected chi connectivity index (χ4v) is 1.07. The molecule has 0 unspecified atom stereocenters. The van der Waals surface area contributed by atoms with E-state index in [-0.39, 0.29) is 0 Å². The van der Waals surface area contributed by atoms with E-state index >= 15 is 0 Å². The van der Waals surface area contributed by atoms with Crippen LogP contribution in [-0.4, -0.2) is 0 Å². The Balaban J connectivity index is -0.000000221. The molecule has 0 fully saturated rings. The Labute approximate surface area is 151 Å². The van der Waals surface area contributed by atoms with Crippen molar-refractivity contribution in [1.29, 1.82) is 0 Å². The van der Waals surface area contributed by atoms with Gasteiger partial charge < -0.3 is 19.1 Å². The molecule has 0 bridgehead atoms. The third-order valence-electron chi connectivity index (χ3n) is 2.01. The van der Waals surface area contributed by atoms with Gasteiger partial charge in [-0.1, -0.05) is 26.2 Å². The van der Waals surface area contributed by atoms with Crippen LogP contribution in [0.1, 0.15) is 32.6 Å². The zero-order valence-corrected chi connectivity index (χ0v) is 14.8. The molecule has 2 aromatic carbocycles. The summed E-state index contributed by atoms with van der Waals surface area (Å²) in [7, 11) is 0. The number of hydrogen-bond acceptors (Lipinski definition) is 2. The molecule has 0 spiro atoms. The van der Waals surface area contributed by atoms with Gasteiger partial charge in [0.05, 0.1) is 0 Å². The van der Waals surface area contributed by atoms with E-state index in [0.717, 1.165) is 6.42 Å². The van der Waals surface area contributed by atoms with Crippen molar-refractivity contribution in [2.45, 2.75) is 32.6 Å². The van der Waals surface area contributed by atoms with Crippen LogP contribution in [0.5, 0.6) is 0 Å². The number of hydrogen-bond donors (Lipinski definition) is 0. The van der Waals surface area contributed by atoms with Gasteiger partial charge >= 0.3 is 39.1 Å². The van der Waals surface area contributed by atoms with Gasteiger partial charge in [0, 0.05) is 0 Å². The first kappa shape index (κ1) is 26.0. The molecule has 2 rings (SSSR count). The van der Waals surface area contributed by atoms with E-state index in [4.69, 9.17) is 7.73 Å². The molecular formula is C18H22Co2O2-4. The summed E-state index contributed by atoms with van der Waals surface area (Å²) in [5.74, 6) is 0. The van der Waals surface area contributed by atoms with Crippen LogP contribution in [0, 0.1) is 25.1 Å². The quantitative estimate of drug-likeness (QED) is 0.552. The van der Waals surface area contributed by atoms with Crippen LogP contribution >= 0.6 is 0 Å². The molecule has 0 N–H and O–H groups in total. The molecule has 2 aromatic rings. The van der Waals surface area contributed by atoms with Crippen LogP contribution in [0.25, 0.3) is 0 Å². The topological polar surface area (TPSA) is 34.1 Å². The average Bonchev–Trinajstić information content (AvgIpc) is 2.67. The van der Waals surface area contributed by atoms with Crippen molar-refractivity contribution in [1.82, 2.24) is 0 Å². The molecule has 0 radical (unpaired) electrons. The Morgan fingerprint density at radius 2 is 1.14 bits per heavy atom. The summed E-state index contributed by atoms with van der Waals surface area (Å²) in [6.45, 7) is 5.93. The second kappa shape index (κ2) is 32.1. The van der Waals surface area contributed by atoms with Crippen LogP contribution in [0.4, 0.5) is 0 Å². The zero-order valence-electron chi connectivity index (χ0n) is 12.7. The Bertz CT molecular complexity index is 267. The smallest absolute Gasteiger partial charge is 0.171 e. The summed E-state index contributed by atoms with van der Waals surface area (Å²) < 4.78 is 15.9. The molecule has 0 saturated carbocycles. The Kier molecular flexibility index (Phi) is 37.9. The van der Waals surface area contributed by atoms with Crippen molar-refractivity contribution >= 4 is 0 Å². The Morgan fingerprint density at radius 3 is 1.27 bits per heavy atom. The van der Waals surface area contributed by atoms with Crippen LogP contribution in [0.2, 0.25) is 0 Å². The molecule has 4 heteroatoms. The fourth-order valence-electron chi connectivity index (χ4n) is 1.07. The molecule has 0 atom stereocenters. The summed E-state index contributed by atoms with van der Waals surface area (Å²) in [6, 6.07) is 25.5. The third-order valence-corrected chi connectivity index (χ3v) is 2.01. The molecule has 0 amide bonds. The van der Waals surface area contributed by atoms with Crippen molar-refractivity contribution in [3.05, 3.63) is 79.7 Å². The normalized spacial score (nSPS) is 7.27. The Hall–Kier alpha value is -0.947. The van der Waals surface area contributed by atoms with Crippen LogP contribution in [0.3, 0.4) is 0 Å². The number of unbranched alkanes of at least 4 members (excludes halogenated alkanes) is 3. The van der Waals surface area contributed by atoms with Crippen LogP contribution in [0.15, 0.2) is 54.6 Å². The maximum absolute atomic E-state index is 7.94. The van der Waals surface area contributed by atoms with Crippen LogP contribution in [-0.2, 0) is 39.1 Å². The van der Waals surface area contributed by atoms with Gasteiger partial charge in [-0.2, -0.15) is 42.8 Å². The molecule has 0 aliphatic heterocycles. The summed E-state index contributed by atoms with van der Waals surface area (Å²) in [6.07, 6.45) is 5.07. The van der Waals surface area contributed by atoms with Gasteiger partial charge in [-0.05, 0) is 0 Å². The van der Waals surface area contributed by atoms with Gasteiger partial charge in [-0.25, -0.2) is 0 Å². The van der Waals surface area contributed by atoms with Gasteiger partial charge in [0.25, 0.3) is 0 Å². The predicted molar refractivity (Wildman–Crippen MR) is 80.3 cm³/mol. The van der Waals surface area contributed by atoms with Gasteiger partial charge in [0.1, 0.15) is 0 Å². The standard InChI is InChI=1S/C6H5.C6H4.C6H13.2Co.2O/c2*1-2-4-6-5-3-1;1-3-5-6-4-2;;;;/h1-5H;1-2,5-6H;1,3-6H2,2H3;;;;/q-1;-2;-1;;;;. The molecule has 128 valence electrons. The molecule has 0 saturated heterocycles. The summed E-state index contributed by atoms with van der Waals surface area (Å²) in [5, 5.41) is 0. The minimum Gasteiger partial charge on any atom is -0.319 e. The second-order valence-corrected chi connectivity index (χ2v) is 3.64. The maximum atomic E-state index is 7.94. The van der Waals surface area contributed by atoms with Gasteiger partial charge in [-0.3, -0.25) is 24.3 Å². The van der Waals surface area contributed by atoms with E-state index in [1.54, 1.807) is 0 Å². The van der Waals surface area contributed by atoms with Crippen molar-refractivity contribution in [3.8, 4) is 0 Å². The average molecular weight is 388 g/mol. The fraction of sp³-hybridized carbons (Fsp3) is 0.278. The molecule has 0 aliphatic carbocycles. The first-order valence-electron chi connectivity index (χ1n) is 6.71. The van der Waals surface area contributed by atoms with E-state index in [1.165, 1.54) is 19.3 Å². The van der Waals surface area contributed by atoms with Crippen molar-refractivity contribution in [3.63, 3.8) is 0 Å². The SMILES string of the molecule is [CH2-]CCCCC.[O]=[Co].[O]=[Co].[c-]1cc[c-]cc1.[c-]1ccccc1. The summed E-state index contributed by atoms with van der Waals surface area (Å²) in [4.78, 5) is 0. The first-order valence-corrected chi connectivity index (χ1v) is 7.56. The minimum absolute atomic E-state index is 1.10. The van der Waals surface area contributed by atoms with Crippen molar-refractivity contribution < 1.29 is 39.1 Å². The largest absolute Gasteiger partial charge is 0.319 e. The van der Waals surface area contributed by atoms with E-state index in [0.29, 0.717) is 0 Å². The van der Waals surface area contributed by atoms with E-state index in [9.17, 15) is 0 Å². The molecule has 22 heavy (non-hydrogen) atoms. The Morgan fingerprint density at radius 1 is 0.727 bits per heavy atom. The van der Waals surface area contributed by atoms with Gasteiger partial charge in [-0.15, -0.1) is 0 Å². The maximum Gasteiger partial charge on any atom is -0.171 e. The monoisotopic (exact) mass is 388 g/mol. The molecule has 0 aliphatic rings. The number of rotatable bonds is 3. The first-order chi connectivity index (χ1) is 10.9. The molecule has 0 heterocycles. The molecule has 2 nitrogen and oxygen atoms in total. The molecular weight excluding hydrogens is 366 g/mol. The van der Waals surface area contributed by atoms with Gasteiger partial charge in [0.15, 0.2) is 0 Å². The van der Waals surface area contributed by atoms with Crippen LogP contribution < -0.4 is 0 Å². The summed E-state index contributed by atoms with van der Waals surface area (Å²) in [5.41, 5.74) is 0. The van der Waals surface area contributed by atoms with Crippen molar-refractivity contribution in [2.24, 2.45) is 0 Å². The summed E-state index contributed by atoms with van der Waals surface area (Å²) >= 11 is 4.62. The third kappa shape index (κ3) is 31.4.